The molecule has 4 nitrogen and oxygen atoms in total. The Balaban J connectivity index is 2.18. The summed E-state index contributed by atoms with van der Waals surface area (Å²) in [5, 5.41) is 0. The third kappa shape index (κ3) is 1.70. The molecule has 0 saturated carbocycles. The van der Waals surface area contributed by atoms with E-state index in [4.69, 9.17) is 4.74 Å². The zero-order valence-electron chi connectivity index (χ0n) is 10.4. The number of aromatic nitrogens is 2. The number of fused-ring (bicyclic) bond motifs is 1. The fraction of sp³-hybridized carbons (Fsp3) is 0.286. The molecule has 2 heterocycles. The number of benzene rings is 1. The molecule has 1 aromatic heterocycles. The van der Waals surface area contributed by atoms with Crippen LogP contribution in [-0.4, -0.2) is 16.6 Å². The van der Waals surface area contributed by atoms with Crippen molar-refractivity contribution in [2.24, 2.45) is 0 Å². The van der Waals surface area contributed by atoms with Crippen molar-refractivity contribution in [2.75, 3.05) is 6.61 Å². The van der Waals surface area contributed by atoms with E-state index in [0.717, 1.165) is 30.0 Å². The lowest BCUT2D eigenvalue weighted by molar-refractivity contribution is 0.357. The molecule has 0 fully saturated rings. The number of nitrogens with one attached hydrogen (secondary N) is 1. The van der Waals surface area contributed by atoms with E-state index in [1.807, 2.05) is 12.1 Å². The molecule has 0 atom stereocenters. The average molecular weight is 242 g/mol. The standard InChI is InChI=1S/C14H14N2O2/c1-8-13(15-9(2)16-14(8)17)11-3-4-12-10(7-11)5-6-18-12/h3-4,7H,5-6H2,1-2H3,(H,15,16,17). The van der Waals surface area contributed by atoms with Crippen molar-refractivity contribution in [2.45, 2.75) is 20.3 Å². The molecular weight excluding hydrogens is 228 g/mol. The van der Waals surface area contributed by atoms with Crippen LogP contribution in [0, 0.1) is 13.8 Å². The largest absolute Gasteiger partial charge is 0.493 e. The molecule has 92 valence electrons. The number of hydrogen-bond donors (Lipinski definition) is 1. The second-order valence-electron chi connectivity index (χ2n) is 4.55. The Morgan fingerprint density at radius 2 is 2.17 bits per heavy atom. The van der Waals surface area contributed by atoms with Gasteiger partial charge in [0, 0.05) is 17.5 Å². The van der Waals surface area contributed by atoms with E-state index in [1.165, 1.54) is 5.56 Å². The second kappa shape index (κ2) is 3.98. The van der Waals surface area contributed by atoms with E-state index in [2.05, 4.69) is 16.0 Å². The molecule has 0 amide bonds. The van der Waals surface area contributed by atoms with E-state index < -0.39 is 0 Å². The van der Waals surface area contributed by atoms with E-state index in [1.54, 1.807) is 13.8 Å². The second-order valence-corrected chi connectivity index (χ2v) is 4.55. The lowest BCUT2D eigenvalue weighted by atomic mass is 10.0. The fourth-order valence-corrected chi connectivity index (χ4v) is 2.26. The van der Waals surface area contributed by atoms with Crippen molar-refractivity contribution >= 4 is 0 Å². The number of nitrogens with zero attached hydrogens (tertiary/aromatic N) is 1. The van der Waals surface area contributed by atoms with Gasteiger partial charge in [0.2, 0.25) is 0 Å². The normalized spacial score (nSPS) is 13.2. The van der Waals surface area contributed by atoms with Crippen molar-refractivity contribution in [3.05, 3.63) is 45.5 Å². The van der Waals surface area contributed by atoms with Gasteiger partial charge < -0.3 is 9.72 Å². The molecule has 0 saturated heterocycles. The van der Waals surface area contributed by atoms with Crippen molar-refractivity contribution < 1.29 is 4.74 Å². The van der Waals surface area contributed by atoms with Gasteiger partial charge in [0.1, 0.15) is 11.6 Å². The number of rotatable bonds is 1. The minimum absolute atomic E-state index is 0.0748. The molecule has 1 aliphatic rings. The average Bonchev–Trinajstić information content (AvgIpc) is 2.80. The van der Waals surface area contributed by atoms with E-state index >= 15 is 0 Å². The van der Waals surface area contributed by atoms with Gasteiger partial charge in [0.05, 0.1) is 12.3 Å². The predicted octanol–water partition coefficient (Wildman–Crippen LogP) is 1.99. The molecule has 1 aromatic carbocycles. The zero-order valence-corrected chi connectivity index (χ0v) is 10.4. The Labute approximate surface area is 105 Å². The van der Waals surface area contributed by atoms with Crippen LogP contribution in [0.1, 0.15) is 17.0 Å². The van der Waals surface area contributed by atoms with Gasteiger partial charge in [-0.05, 0) is 37.6 Å². The minimum Gasteiger partial charge on any atom is -0.493 e. The maximum absolute atomic E-state index is 11.7. The van der Waals surface area contributed by atoms with Gasteiger partial charge in [-0.25, -0.2) is 4.98 Å². The third-order valence-corrected chi connectivity index (χ3v) is 3.23. The first-order valence-electron chi connectivity index (χ1n) is 5.99. The Hall–Kier alpha value is -2.10. The Morgan fingerprint density at radius 1 is 1.33 bits per heavy atom. The minimum atomic E-state index is -0.0748. The smallest absolute Gasteiger partial charge is 0.254 e. The van der Waals surface area contributed by atoms with Gasteiger partial charge in [-0.15, -0.1) is 0 Å². The van der Waals surface area contributed by atoms with Crippen LogP contribution in [0.5, 0.6) is 5.75 Å². The van der Waals surface area contributed by atoms with Crippen LogP contribution in [-0.2, 0) is 6.42 Å². The van der Waals surface area contributed by atoms with Gasteiger partial charge in [0.15, 0.2) is 0 Å². The molecule has 0 aliphatic carbocycles. The van der Waals surface area contributed by atoms with Gasteiger partial charge in [-0.1, -0.05) is 0 Å². The Bertz CT molecular complexity index is 674. The van der Waals surface area contributed by atoms with E-state index in [-0.39, 0.29) is 5.56 Å². The molecule has 18 heavy (non-hydrogen) atoms. The fourth-order valence-electron chi connectivity index (χ4n) is 2.26. The number of hydrogen-bond acceptors (Lipinski definition) is 3. The summed E-state index contributed by atoms with van der Waals surface area (Å²) in [6, 6.07) is 5.98. The van der Waals surface area contributed by atoms with Gasteiger partial charge in [-0.2, -0.15) is 0 Å². The molecule has 0 spiro atoms. The molecule has 3 rings (SSSR count). The topological polar surface area (TPSA) is 55.0 Å². The van der Waals surface area contributed by atoms with E-state index in [0.29, 0.717) is 11.4 Å². The van der Waals surface area contributed by atoms with Crippen LogP contribution in [0.4, 0.5) is 0 Å². The molecular formula is C14H14N2O2. The highest BCUT2D eigenvalue weighted by Crippen LogP contribution is 2.30. The first-order valence-corrected chi connectivity index (χ1v) is 5.99. The molecule has 0 unspecified atom stereocenters. The first kappa shape index (κ1) is 11.0. The van der Waals surface area contributed by atoms with Crippen LogP contribution in [0.2, 0.25) is 0 Å². The van der Waals surface area contributed by atoms with Crippen molar-refractivity contribution in [1.29, 1.82) is 0 Å². The number of aryl methyl sites for hydroxylation is 1. The molecule has 0 bridgehead atoms. The maximum atomic E-state index is 11.7. The molecule has 1 N–H and O–H groups in total. The number of aromatic amines is 1. The highest BCUT2D eigenvalue weighted by atomic mass is 16.5. The monoisotopic (exact) mass is 242 g/mol. The summed E-state index contributed by atoms with van der Waals surface area (Å²) >= 11 is 0. The lowest BCUT2D eigenvalue weighted by Gasteiger charge is -2.07. The summed E-state index contributed by atoms with van der Waals surface area (Å²) in [7, 11) is 0. The summed E-state index contributed by atoms with van der Waals surface area (Å²) in [5.74, 6) is 1.58. The van der Waals surface area contributed by atoms with Crippen LogP contribution in [0.15, 0.2) is 23.0 Å². The van der Waals surface area contributed by atoms with Crippen LogP contribution in [0.25, 0.3) is 11.3 Å². The van der Waals surface area contributed by atoms with E-state index in [9.17, 15) is 4.79 Å². The van der Waals surface area contributed by atoms with Crippen LogP contribution in [0.3, 0.4) is 0 Å². The molecule has 2 aromatic rings. The van der Waals surface area contributed by atoms with Gasteiger partial charge in [0.25, 0.3) is 5.56 Å². The quantitative estimate of drug-likeness (QED) is 0.832. The Kier molecular flexibility index (Phi) is 2.44. The summed E-state index contributed by atoms with van der Waals surface area (Å²) in [4.78, 5) is 18.9. The first-order chi connectivity index (χ1) is 8.65. The van der Waals surface area contributed by atoms with Crippen molar-refractivity contribution in [3.63, 3.8) is 0 Å². The molecule has 0 radical (unpaired) electrons. The highest BCUT2D eigenvalue weighted by molar-refractivity contribution is 5.65. The summed E-state index contributed by atoms with van der Waals surface area (Å²) in [5.41, 5.74) is 3.50. The molecule has 4 heteroatoms. The maximum Gasteiger partial charge on any atom is 0.254 e. The predicted molar refractivity (Wildman–Crippen MR) is 69.0 cm³/mol. The Morgan fingerprint density at radius 3 is 3.00 bits per heavy atom. The van der Waals surface area contributed by atoms with Gasteiger partial charge in [-0.3, -0.25) is 4.79 Å². The summed E-state index contributed by atoms with van der Waals surface area (Å²) in [6.07, 6.45) is 0.921. The van der Waals surface area contributed by atoms with Gasteiger partial charge >= 0.3 is 0 Å². The summed E-state index contributed by atoms with van der Waals surface area (Å²) < 4.78 is 5.48. The van der Waals surface area contributed by atoms with Crippen molar-refractivity contribution in [1.82, 2.24) is 9.97 Å². The highest BCUT2D eigenvalue weighted by Gasteiger charge is 2.15. The van der Waals surface area contributed by atoms with Crippen molar-refractivity contribution in [3.8, 4) is 17.0 Å². The van der Waals surface area contributed by atoms with Crippen LogP contribution < -0.4 is 10.3 Å². The third-order valence-electron chi connectivity index (χ3n) is 3.23. The number of ether oxygens (including phenoxy) is 1. The number of H-pyrrole nitrogens is 1. The summed E-state index contributed by atoms with van der Waals surface area (Å²) in [6.45, 7) is 4.32. The van der Waals surface area contributed by atoms with Crippen LogP contribution >= 0.6 is 0 Å². The molecule has 1 aliphatic heterocycles. The zero-order chi connectivity index (χ0) is 12.7. The lowest BCUT2D eigenvalue weighted by Crippen LogP contribution is -2.14. The SMILES string of the molecule is Cc1nc(-c2ccc3c(c2)CCO3)c(C)c(=O)[nH]1.